The highest BCUT2D eigenvalue weighted by molar-refractivity contribution is 7.98. The molecule has 38 heavy (non-hydrogen) atoms. The van der Waals surface area contributed by atoms with Crippen molar-refractivity contribution in [3.63, 3.8) is 0 Å². The Kier molecular flexibility index (Phi) is 6.32. The van der Waals surface area contributed by atoms with Crippen LogP contribution < -0.4 is 24.7 Å². The van der Waals surface area contributed by atoms with Gasteiger partial charge < -0.3 is 29.3 Å². The lowest BCUT2D eigenvalue weighted by atomic mass is 9.93. The summed E-state index contributed by atoms with van der Waals surface area (Å²) in [7, 11) is 0. The van der Waals surface area contributed by atoms with E-state index in [-0.39, 0.29) is 29.9 Å². The maximum Gasteiger partial charge on any atom is 0.305 e. The number of rotatable bonds is 4. The molecule has 3 aliphatic heterocycles. The van der Waals surface area contributed by atoms with Gasteiger partial charge >= 0.3 is 5.97 Å². The molecule has 4 heterocycles. The zero-order valence-electron chi connectivity index (χ0n) is 20.4. The normalized spacial score (nSPS) is 17.8. The van der Waals surface area contributed by atoms with Gasteiger partial charge in [0.2, 0.25) is 18.7 Å². The van der Waals surface area contributed by atoms with Crippen molar-refractivity contribution in [3.05, 3.63) is 70.3 Å². The SMILES string of the molecule is CC(=O)OCOc1c([O-])cc(-c2cc(F)cc3c2Cc2ccccc2SC3)[n+]2c1=C([O-])N1CCOC[C@H]1N=2. The van der Waals surface area contributed by atoms with Gasteiger partial charge in [-0.3, -0.25) is 4.79 Å². The maximum atomic E-state index is 15.0. The van der Waals surface area contributed by atoms with E-state index in [1.807, 2.05) is 24.3 Å². The van der Waals surface area contributed by atoms with E-state index in [0.717, 1.165) is 21.6 Å². The Morgan fingerprint density at radius 2 is 2.11 bits per heavy atom. The van der Waals surface area contributed by atoms with Crippen molar-refractivity contribution in [1.82, 2.24) is 4.90 Å². The molecule has 11 heteroatoms. The Morgan fingerprint density at radius 1 is 1.26 bits per heavy atom. The topological polar surface area (TPSA) is 112 Å². The second-order valence-electron chi connectivity index (χ2n) is 9.12. The molecule has 1 atom stereocenters. The third-order valence-corrected chi connectivity index (χ3v) is 7.90. The van der Waals surface area contributed by atoms with E-state index >= 15 is 4.39 Å². The van der Waals surface area contributed by atoms with E-state index in [1.54, 1.807) is 11.8 Å². The van der Waals surface area contributed by atoms with Crippen molar-refractivity contribution in [2.45, 2.75) is 30.2 Å². The van der Waals surface area contributed by atoms with Gasteiger partial charge in [-0.2, -0.15) is 0 Å². The summed E-state index contributed by atoms with van der Waals surface area (Å²) < 4.78 is 32.3. The molecular weight excluding hydrogens is 513 g/mol. The molecule has 1 saturated heterocycles. The molecule has 0 bridgehead atoms. The van der Waals surface area contributed by atoms with Crippen LogP contribution in [0, 0.1) is 5.82 Å². The fourth-order valence-electron chi connectivity index (χ4n) is 4.98. The number of carbonyl (C=O) groups is 1. The Morgan fingerprint density at radius 3 is 2.95 bits per heavy atom. The molecule has 2 aromatic carbocycles. The Hall–Kier alpha value is -3.83. The number of halogens is 1. The number of aromatic nitrogens is 1. The Balaban J connectivity index is 1.60. The predicted octanol–water partition coefficient (Wildman–Crippen LogP) is 1.08. The van der Waals surface area contributed by atoms with E-state index in [9.17, 15) is 15.0 Å². The van der Waals surface area contributed by atoms with Crippen LogP contribution in [0.2, 0.25) is 0 Å². The van der Waals surface area contributed by atoms with Gasteiger partial charge in [0.25, 0.3) is 5.35 Å². The number of carbonyl (C=O) groups excluding carboxylic acids is 1. The zero-order chi connectivity index (χ0) is 26.4. The smallest absolute Gasteiger partial charge is 0.305 e. The average molecular weight is 537 g/mol. The molecular formula is C27H23FN3O6S-. The summed E-state index contributed by atoms with van der Waals surface area (Å²) in [5.74, 6) is -1.84. The first-order valence-electron chi connectivity index (χ1n) is 12.1. The standard InChI is InChI=1S/C27H23FN3O6S/c1-15(32)36-14-37-26-22(33)11-21(31-25(26)27(34)30-6-7-35-12-24(30)29-31)20-10-18(28)8-17-13-38-23-5-3-2-4-16(23)9-19(17)20/h2-5,8,10-11,24H,6-7,9,12-14H2,1H3/q-1/t24-/m0/s1. The first kappa shape index (κ1) is 24.5. The van der Waals surface area contributed by atoms with Crippen molar-refractivity contribution in [1.29, 1.82) is 0 Å². The fraction of sp³-hybridized carbons (Fsp3) is 0.296. The number of pyridine rings is 1. The van der Waals surface area contributed by atoms with Gasteiger partial charge in [0.05, 0.1) is 18.8 Å². The summed E-state index contributed by atoms with van der Waals surface area (Å²) in [6.45, 7) is 1.48. The summed E-state index contributed by atoms with van der Waals surface area (Å²) in [4.78, 5) is 13.9. The molecule has 0 unspecified atom stereocenters. The van der Waals surface area contributed by atoms with Crippen LogP contribution in [0.4, 0.5) is 4.39 Å². The molecule has 0 spiro atoms. The summed E-state index contributed by atoms with van der Waals surface area (Å²) in [5, 5.41) is 31.7. The number of ether oxygens (including phenoxy) is 3. The first-order chi connectivity index (χ1) is 18.4. The molecule has 3 aliphatic rings. The third-order valence-electron chi connectivity index (χ3n) is 6.73. The van der Waals surface area contributed by atoms with Gasteiger partial charge in [-0.15, -0.1) is 11.8 Å². The number of benzene rings is 2. The largest absolute Gasteiger partial charge is 0.870 e. The summed E-state index contributed by atoms with van der Waals surface area (Å²) in [5.41, 5.74) is 3.51. The molecule has 0 amide bonds. The van der Waals surface area contributed by atoms with Gasteiger partial charge in [0.15, 0.2) is 5.75 Å². The number of fused-ring (bicyclic) bond motifs is 4. The number of esters is 1. The molecule has 9 nitrogen and oxygen atoms in total. The summed E-state index contributed by atoms with van der Waals surface area (Å²) in [6, 6.07) is 12.2. The van der Waals surface area contributed by atoms with Crippen LogP contribution >= 0.6 is 11.8 Å². The Labute approximate surface area is 221 Å². The van der Waals surface area contributed by atoms with Crippen molar-refractivity contribution in [2.24, 2.45) is 5.11 Å². The van der Waals surface area contributed by atoms with Gasteiger partial charge in [0.1, 0.15) is 5.82 Å². The number of hydrogen-bond acceptors (Lipinski definition) is 9. The second kappa shape index (κ2) is 9.80. The van der Waals surface area contributed by atoms with Crippen LogP contribution in [0.5, 0.6) is 11.5 Å². The quantitative estimate of drug-likeness (QED) is 0.277. The second-order valence-corrected chi connectivity index (χ2v) is 10.1. The first-order valence-corrected chi connectivity index (χ1v) is 13.1. The number of morpholine rings is 1. The van der Waals surface area contributed by atoms with Gasteiger partial charge in [0, 0.05) is 36.1 Å². The average Bonchev–Trinajstić information content (AvgIpc) is 3.09. The molecule has 0 N–H and O–H groups in total. The van der Waals surface area contributed by atoms with E-state index < -0.39 is 36.4 Å². The minimum absolute atomic E-state index is 0.0980. The van der Waals surface area contributed by atoms with E-state index in [1.165, 1.54) is 34.4 Å². The zero-order valence-corrected chi connectivity index (χ0v) is 21.3. The van der Waals surface area contributed by atoms with Crippen molar-refractivity contribution in [2.75, 3.05) is 26.6 Å². The highest BCUT2D eigenvalue weighted by Gasteiger charge is 2.33. The summed E-state index contributed by atoms with van der Waals surface area (Å²) >= 11 is 1.63. The number of nitrogens with zero attached hydrogens (tertiary/aromatic N) is 3. The molecule has 1 fully saturated rings. The van der Waals surface area contributed by atoms with Crippen LogP contribution in [-0.2, 0) is 26.4 Å². The fourth-order valence-corrected chi connectivity index (χ4v) is 6.05. The molecule has 6 rings (SSSR count). The molecule has 0 radical (unpaired) electrons. The van der Waals surface area contributed by atoms with Gasteiger partial charge in [-0.25, -0.2) is 4.39 Å². The van der Waals surface area contributed by atoms with Crippen molar-refractivity contribution < 1.29 is 38.0 Å². The van der Waals surface area contributed by atoms with Crippen molar-refractivity contribution in [3.8, 4) is 22.8 Å². The van der Waals surface area contributed by atoms with Gasteiger partial charge in [-0.05, 0) is 50.8 Å². The molecule has 0 saturated carbocycles. The highest BCUT2D eigenvalue weighted by atomic mass is 32.2. The minimum atomic E-state index is -0.616. The molecule has 196 valence electrons. The predicted molar refractivity (Wildman–Crippen MR) is 130 cm³/mol. The highest BCUT2D eigenvalue weighted by Crippen LogP contribution is 2.38. The van der Waals surface area contributed by atoms with Crippen LogP contribution in [0.1, 0.15) is 23.6 Å². The van der Waals surface area contributed by atoms with Crippen LogP contribution in [0.3, 0.4) is 0 Å². The Bertz CT molecular complexity index is 1580. The third kappa shape index (κ3) is 4.31. The van der Waals surface area contributed by atoms with E-state index in [2.05, 4.69) is 0 Å². The summed E-state index contributed by atoms with van der Waals surface area (Å²) in [6.07, 6.45) is -0.0932. The maximum absolute atomic E-state index is 15.0. The lowest BCUT2D eigenvalue weighted by Crippen LogP contribution is -2.59. The monoisotopic (exact) mass is 536 g/mol. The van der Waals surface area contributed by atoms with E-state index in [4.69, 9.17) is 19.3 Å². The van der Waals surface area contributed by atoms with Crippen LogP contribution in [0.25, 0.3) is 17.1 Å². The van der Waals surface area contributed by atoms with Crippen LogP contribution in [0.15, 0.2) is 52.5 Å². The van der Waals surface area contributed by atoms with Gasteiger partial charge in [-0.1, -0.05) is 23.9 Å². The van der Waals surface area contributed by atoms with Crippen LogP contribution in [-0.4, -0.2) is 43.6 Å². The molecule has 0 aliphatic carbocycles. The van der Waals surface area contributed by atoms with E-state index in [0.29, 0.717) is 24.3 Å². The van der Waals surface area contributed by atoms with Crippen molar-refractivity contribution >= 4 is 23.6 Å². The number of hydrogen-bond donors (Lipinski definition) is 0. The lowest BCUT2D eigenvalue weighted by molar-refractivity contribution is -0.570. The molecule has 3 aromatic rings. The molecule has 1 aromatic heterocycles. The number of thioether (sulfide) groups is 1. The lowest BCUT2D eigenvalue weighted by Gasteiger charge is -2.37. The minimum Gasteiger partial charge on any atom is -0.870 e.